The Labute approximate surface area is 107 Å². The van der Waals surface area contributed by atoms with E-state index in [0.717, 1.165) is 17.6 Å². The summed E-state index contributed by atoms with van der Waals surface area (Å²) in [5.41, 5.74) is 0. The smallest absolute Gasteiger partial charge is 0.00175 e. The lowest BCUT2D eigenvalue weighted by Crippen LogP contribution is -2.31. The van der Waals surface area contributed by atoms with Crippen molar-refractivity contribution < 1.29 is 0 Å². The van der Waals surface area contributed by atoms with Crippen LogP contribution in [-0.2, 0) is 0 Å². The quantitative estimate of drug-likeness (QED) is 0.694. The van der Waals surface area contributed by atoms with Crippen molar-refractivity contribution in [1.82, 2.24) is 4.90 Å². The molecule has 16 heavy (non-hydrogen) atoms. The zero-order chi connectivity index (χ0) is 11.8. The molecule has 1 aliphatic heterocycles. The van der Waals surface area contributed by atoms with Gasteiger partial charge in [0, 0.05) is 6.54 Å². The van der Waals surface area contributed by atoms with E-state index in [1.54, 1.807) is 0 Å². The van der Waals surface area contributed by atoms with Gasteiger partial charge in [-0.25, -0.2) is 0 Å². The lowest BCUT2D eigenvalue weighted by molar-refractivity contribution is 0.238. The van der Waals surface area contributed by atoms with Gasteiger partial charge in [-0.1, -0.05) is 26.7 Å². The summed E-state index contributed by atoms with van der Waals surface area (Å²) in [7, 11) is 0. The summed E-state index contributed by atoms with van der Waals surface area (Å²) in [4.78, 5) is 2.69. The average Bonchev–Trinajstić information content (AvgIpc) is 2.53. The number of hydrogen-bond donors (Lipinski definition) is 1. The minimum absolute atomic E-state index is 0.812. The summed E-state index contributed by atoms with van der Waals surface area (Å²) in [6, 6.07) is 0. The van der Waals surface area contributed by atoms with Crippen molar-refractivity contribution in [2.24, 2.45) is 11.8 Å². The largest absolute Gasteiger partial charge is 0.303 e. The number of thiol groups is 1. The highest BCUT2D eigenvalue weighted by Crippen LogP contribution is 2.21. The Kier molecular flexibility index (Phi) is 7.55. The number of nitrogens with zero attached hydrogens (tertiary/aromatic N) is 1. The third-order valence-electron chi connectivity index (χ3n) is 3.99. The third kappa shape index (κ3) is 5.09. The van der Waals surface area contributed by atoms with Crippen LogP contribution in [-0.4, -0.2) is 30.3 Å². The first-order valence-corrected chi connectivity index (χ1v) is 7.76. The normalized spacial score (nSPS) is 25.3. The van der Waals surface area contributed by atoms with E-state index in [1.807, 2.05) is 0 Å². The Hall–Kier alpha value is 0.310. The maximum absolute atomic E-state index is 4.49. The minimum Gasteiger partial charge on any atom is -0.303 e. The van der Waals surface area contributed by atoms with Crippen LogP contribution in [0.25, 0.3) is 0 Å². The molecule has 1 heterocycles. The Morgan fingerprint density at radius 1 is 1.25 bits per heavy atom. The molecule has 1 saturated heterocycles. The zero-order valence-corrected chi connectivity index (χ0v) is 12.0. The Morgan fingerprint density at radius 3 is 2.69 bits per heavy atom. The van der Waals surface area contributed by atoms with E-state index in [0.29, 0.717) is 0 Å². The summed E-state index contributed by atoms with van der Waals surface area (Å²) >= 11 is 4.49. The second-order valence-corrected chi connectivity index (χ2v) is 5.71. The van der Waals surface area contributed by atoms with E-state index in [4.69, 9.17) is 0 Å². The predicted molar refractivity (Wildman–Crippen MR) is 76.3 cm³/mol. The molecule has 0 N–H and O–H groups in total. The van der Waals surface area contributed by atoms with Crippen LogP contribution in [0.1, 0.15) is 52.4 Å². The Bertz CT molecular complexity index is 172. The molecule has 0 aromatic rings. The van der Waals surface area contributed by atoms with Crippen LogP contribution in [0.3, 0.4) is 0 Å². The molecule has 96 valence electrons. The highest BCUT2D eigenvalue weighted by Gasteiger charge is 2.17. The second-order valence-electron chi connectivity index (χ2n) is 5.34. The Morgan fingerprint density at radius 2 is 2.06 bits per heavy atom. The SMILES string of the molecule is CCCC(CS)CN1CCCC(CC)CC1. The van der Waals surface area contributed by atoms with Gasteiger partial charge in [0.2, 0.25) is 0 Å². The van der Waals surface area contributed by atoms with Gasteiger partial charge in [-0.15, -0.1) is 0 Å². The van der Waals surface area contributed by atoms with Crippen molar-refractivity contribution in [2.75, 3.05) is 25.4 Å². The van der Waals surface area contributed by atoms with Crippen LogP contribution in [0.2, 0.25) is 0 Å². The molecule has 0 amide bonds. The van der Waals surface area contributed by atoms with Gasteiger partial charge in [-0.05, 0) is 56.4 Å². The van der Waals surface area contributed by atoms with Crippen LogP contribution >= 0.6 is 12.6 Å². The van der Waals surface area contributed by atoms with Crippen molar-refractivity contribution >= 4 is 12.6 Å². The molecule has 2 heteroatoms. The lowest BCUT2D eigenvalue weighted by Gasteiger charge is -2.25. The van der Waals surface area contributed by atoms with E-state index >= 15 is 0 Å². The van der Waals surface area contributed by atoms with E-state index in [1.165, 1.54) is 58.2 Å². The van der Waals surface area contributed by atoms with E-state index in [-0.39, 0.29) is 0 Å². The maximum atomic E-state index is 4.49. The molecule has 0 spiro atoms. The summed E-state index contributed by atoms with van der Waals surface area (Å²) in [5.74, 6) is 2.86. The maximum Gasteiger partial charge on any atom is 0.00175 e. The first-order chi connectivity index (χ1) is 7.80. The predicted octanol–water partition coefficient (Wildman–Crippen LogP) is 3.84. The first-order valence-electron chi connectivity index (χ1n) is 7.13. The summed E-state index contributed by atoms with van der Waals surface area (Å²) in [5, 5.41) is 0. The second kappa shape index (κ2) is 8.41. The number of rotatable bonds is 6. The van der Waals surface area contributed by atoms with Gasteiger partial charge in [0.05, 0.1) is 0 Å². The fraction of sp³-hybridized carbons (Fsp3) is 1.00. The van der Waals surface area contributed by atoms with Crippen molar-refractivity contribution in [3.63, 3.8) is 0 Å². The van der Waals surface area contributed by atoms with Crippen molar-refractivity contribution in [3.8, 4) is 0 Å². The van der Waals surface area contributed by atoms with Crippen LogP contribution in [0.15, 0.2) is 0 Å². The number of hydrogen-bond acceptors (Lipinski definition) is 2. The molecule has 0 radical (unpaired) electrons. The molecule has 2 atom stereocenters. The molecule has 0 saturated carbocycles. The fourth-order valence-electron chi connectivity index (χ4n) is 2.83. The highest BCUT2D eigenvalue weighted by molar-refractivity contribution is 7.80. The van der Waals surface area contributed by atoms with Crippen molar-refractivity contribution in [2.45, 2.75) is 52.4 Å². The monoisotopic (exact) mass is 243 g/mol. The van der Waals surface area contributed by atoms with Gasteiger partial charge in [0.1, 0.15) is 0 Å². The average molecular weight is 243 g/mol. The van der Waals surface area contributed by atoms with E-state index in [2.05, 4.69) is 31.4 Å². The molecule has 1 rings (SSSR count). The highest BCUT2D eigenvalue weighted by atomic mass is 32.1. The molecule has 1 aliphatic rings. The topological polar surface area (TPSA) is 3.24 Å². The molecular weight excluding hydrogens is 214 g/mol. The van der Waals surface area contributed by atoms with Crippen molar-refractivity contribution in [3.05, 3.63) is 0 Å². The Balaban J connectivity index is 2.30. The van der Waals surface area contributed by atoms with Crippen LogP contribution in [0, 0.1) is 11.8 Å². The van der Waals surface area contributed by atoms with Crippen molar-refractivity contribution in [1.29, 1.82) is 0 Å². The van der Waals surface area contributed by atoms with Gasteiger partial charge >= 0.3 is 0 Å². The fourth-order valence-corrected chi connectivity index (χ4v) is 3.13. The molecule has 0 aromatic heterocycles. The molecule has 0 aliphatic carbocycles. The van der Waals surface area contributed by atoms with Gasteiger partial charge in [-0.2, -0.15) is 12.6 Å². The zero-order valence-electron chi connectivity index (χ0n) is 11.1. The van der Waals surface area contributed by atoms with Gasteiger partial charge in [0.25, 0.3) is 0 Å². The first kappa shape index (κ1) is 14.4. The summed E-state index contributed by atoms with van der Waals surface area (Å²) < 4.78 is 0. The molecule has 0 aromatic carbocycles. The van der Waals surface area contributed by atoms with Crippen LogP contribution in [0.4, 0.5) is 0 Å². The summed E-state index contributed by atoms with van der Waals surface area (Å²) in [6.07, 6.45) is 8.30. The minimum atomic E-state index is 0.812. The van der Waals surface area contributed by atoms with Crippen LogP contribution < -0.4 is 0 Å². The molecule has 1 nitrogen and oxygen atoms in total. The number of likely N-dealkylation sites (tertiary alicyclic amines) is 1. The van der Waals surface area contributed by atoms with Gasteiger partial charge < -0.3 is 4.90 Å². The summed E-state index contributed by atoms with van der Waals surface area (Å²) in [6.45, 7) is 8.56. The third-order valence-corrected chi connectivity index (χ3v) is 4.51. The lowest BCUT2D eigenvalue weighted by atomic mass is 9.98. The molecule has 2 unspecified atom stereocenters. The van der Waals surface area contributed by atoms with Gasteiger partial charge in [0.15, 0.2) is 0 Å². The van der Waals surface area contributed by atoms with Gasteiger partial charge in [-0.3, -0.25) is 0 Å². The standard InChI is InChI=1S/C14H29NS/c1-3-6-14(12-16)11-15-9-5-7-13(4-2)8-10-15/h13-14,16H,3-12H2,1-2H3. The van der Waals surface area contributed by atoms with E-state index < -0.39 is 0 Å². The van der Waals surface area contributed by atoms with Crippen LogP contribution in [0.5, 0.6) is 0 Å². The molecule has 0 bridgehead atoms. The van der Waals surface area contributed by atoms with E-state index in [9.17, 15) is 0 Å². The molecular formula is C14H29NS. The molecule has 1 fully saturated rings.